The first-order valence-electron chi connectivity index (χ1n) is 4.67. The molecule has 0 aliphatic heterocycles. The first-order chi connectivity index (χ1) is 7.79. The van der Waals surface area contributed by atoms with Crippen molar-refractivity contribution in [3.05, 3.63) is 29.8 Å². The van der Waals surface area contributed by atoms with Gasteiger partial charge in [0.25, 0.3) is 0 Å². The van der Waals surface area contributed by atoms with Crippen molar-refractivity contribution in [2.75, 3.05) is 5.32 Å². The summed E-state index contributed by atoms with van der Waals surface area (Å²) in [5.41, 5.74) is 1.13. The summed E-state index contributed by atoms with van der Waals surface area (Å²) in [5, 5.41) is 2.18. The third kappa shape index (κ3) is 5.73. The van der Waals surface area contributed by atoms with Gasteiger partial charge in [-0.05, 0) is 0 Å². The van der Waals surface area contributed by atoms with Crippen molar-refractivity contribution in [2.45, 2.75) is 19.5 Å². The number of halogens is 3. The minimum Gasteiger partial charge on any atom is -0.379 e. The predicted octanol–water partition coefficient (Wildman–Crippen LogP) is 2.25. The summed E-state index contributed by atoms with van der Waals surface area (Å²) in [6, 6.07) is 7.34. The van der Waals surface area contributed by atoms with Crippen LogP contribution in [-0.2, 0) is 42.3 Å². The minimum atomic E-state index is -4.98. The average molecular weight is 333 g/mol. The third-order valence-corrected chi connectivity index (χ3v) is 1.89. The number of nitrogens with one attached hydrogen (secondary N) is 1. The molecule has 0 spiro atoms. The second-order valence-electron chi connectivity index (χ2n) is 3.41. The van der Waals surface area contributed by atoms with Crippen LogP contribution in [0.5, 0.6) is 0 Å². The van der Waals surface area contributed by atoms with E-state index < -0.39 is 24.3 Å². The molecule has 18 heavy (non-hydrogen) atoms. The Labute approximate surface area is 127 Å². The summed E-state index contributed by atoms with van der Waals surface area (Å²) in [6.07, 6.45) is -6.19. The molecular weight excluding hydrogens is 324 g/mol. The Morgan fingerprint density at radius 1 is 1.33 bits per heavy atom. The number of rotatable bonds is 3. The van der Waals surface area contributed by atoms with Gasteiger partial charge in [0.1, 0.15) is 0 Å². The molecule has 0 aliphatic rings. The van der Waals surface area contributed by atoms with E-state index in [1.54, 1.807) is 13.0 Å². The molecule has 0 aromatic heterocycles. The van der Waals surface area contributed by atoms with Crippen molar-refractivity contribution in [1.29, 1.82) is 0 Å². The fourth-order valence-electron chi connectivity index (χ4n) is 1.03. The number of anilines is 1. The van der Waals surface area contributed by atoms with Crippen molar-refractivity contribution in [3.8, 4) is 0 Å². The third-order valence-electron chi connectivity index (χ3n) is 1.89. The van der Waals surface area contributed by atoms with Crippen LogP contribution in [0.3, 0.4) is 0 Å². The molecule has 1 aromatic rings. The van der Waals surface area contributed by atoms with Gasteiger partial charge < -0.3 is 5.32 Å². The van der Waals surface area contributed by atoms with Gasteiger partial charge in [-0.3, -0.25) is 9.59 Å². The van der Waals surface area contributed by atoms with Crippen molar-refractivity contribution in [1.82, 2.24) is 0 Å². The van der Waals surface area contributed by atoms with Crippen LogP contribution in [0.25, 0.3) is 0 Å². The van der Waals surface area contributed by atoms with Gasteiger partial charge in [-0.25, -0.2) is 0 Å². The smallest absolute Gasteiger partial charge is 0.379 e. The van der Waals surface area contributed by atoms with E-state index >= 15 is 0 Å². The normalized spacial score (nSPS) is 10.4. The number of ketones is 1. The van der Waals surface area contributed by atoms with Gasteiger partial charge in [-0.2, -0.15) is 36.9 Å². The molecule has 0 aliphatic carbocycles. The second kappa shape index (κ2) is 6.99. The molecule has 92 valence electrons. The summed E-state index contributed by atoms with van der Waals surface area (Å²) in [4.78, 5) is 21.6. The first kappa shape index (κ1) is 17.3. The van der Waals surface area contributed by atoms with Gasteiger partial charge in [0.2, 0.25) is 11.7 Å². The maximum absolute atomic E-state index is 11.9. The van der Waals surface area contributed by atoms with Crippen LogP contribution in [0.4, 0.5) is 18.9 Å². The molecule has 7 heteroatoms. The zero-order chi connectivity index (χ0) is 13.1. The van der Waals surface area contributed by atoms with Crippen LogP contribution in [0.1, 0.15) is 12.0 Å². The van der Waals surface area contributed by atoms with Gasteiger partial charge in [0.15, 0.2) is 0 Å². The molecule has 0 saturated heterocycles. The van der Waals surface area contributed by atoms with E-state index in [4.69, 9.17) is 0 Å². The van der Waals surface area contributed by atoms with E-state index in [-0.39, 0.29) is 32.7 Å². The zero-order valence-corrected chi connectivity index (χ0v) is 12.3. The number of carbonyl (C=O) groups is 2. The molecular formula is C11H9F3NO2Y+2. The SMILES string of the molecule is Cc1[c-]cc(NC(=O)CC(=O)C(F)(F)F)cc1.[Y+3]. The van der Waals surface area contributed by atoms with Crippen molar-refractivity contribution >= 4 is 17.4 Å². The van der Waals surface area contributed by atoms with Crippen molar-refractivity contribution in [3.63, 3.8) is 0 Å². The number of aryl methyl sites for hydroxylation is 1. The Bertz CT molecular complexity index is 429. The number of hydrogen-bond donors (Lipinski definition) is 1. The Morgan fingerprint density at radius 2 is 1.94 bits per heavy atom. The van der Waals surface area contributed by atoms with E-state index in [0.29, 0.717) is 5.69 Å². The molecule has 0 unspecified atom stereocenters. The van der Waals surface area contributed by atoms with E-state index in [9.17, 15) is 22.8 Å². The summed E-state index contributed by atoms with van der Waals surface area (Å²) < 4.78 is 35.6. The monoisotopic (exact) mass is 333 g/mol. The molecule has 0 fully saturated rings. The fraction of sp³-hybridized carbons (Fsp3) is 0.273. The molecule has 0 heterocycles. The molecule has 0 radical (unpaired) electrons. The Kier molecular flexibility index (Phi) is 6.70. The number of carbonyl (C=O) groups excluding carboxylic acids is 2. The maximum Gasteiger partial charge on any atom is 3.00 e. The molecule has 1 aromatic carbocycles. The van der Waals surface area contributed by atoms with Crippen LogP contribution >= 0.6 is 0 Å². The molecule has 0 saturated carbocycles. The van der Waals surface area contributed by atoms with Crippen LogP contribution in [0, 0.1) is 13.0 Å². The molecule has 0 atom stereocenters. The van der Waals surface area contributed by atoms with Crippen LogP contribution < -0.4 is 5.32 Å². The molecule has 1 N–H and O–H groups in total. The summed E-state index contributed by atoms with van der Waals surface area (Å²) in [7, 11) is 0. The molecule has 1 amide bonds. The van der Waals surface area contributed by atoms with E-state index in [1.165, 1.54) is 12.1 Å². The predicted molar refractivity (Wildman–Crippen MR) is 54.3 cm³/mol. The van der Waals surface area contributed by atoms with Crippen LogP contribution in [0.2, 0.25) is 0 Å². The number of hydrogen-bond acceptors (Lipinski definition) is 2. The largest absolute Gasteiger partial charge is 3.00 e. The summed E-state index contributed by atoms with van der Waals surface area (Å²) in [6.45, 7) is 1.78. The van der Waals surface area contributed by atoms with E-state index in [1.807, 2.05) is 0 Å². The summed E-state index contributed by atoms with van der Waals surface area (Å²) in [5.74, 6) is -3.06. The zero-order valence-electron chi connectivity index (χ0n) is 9.47. The molecule has 3 nitrogen and oxygen atoms in total. The molecule has 1 rings (SSSR count). The van der Waals surface area contributed by atoms with E-state index in [0.717, 1.165) is 5.56 Å². The van der Waals surface area contributed by atoms with Gasteiger partial charge in [0.05, 0.1) is 6.42 Å². The van der Waals surface area contributed by atoms with Gasteiger partial charge in [-0.1, -0.05) is 12.6 Å². The Morgan fingerprint density at radius 3 is 2.39 bits per heavy atom. The Balaban J connectivity index is 0.00000289. The van der Waals surface area contributed by atoms with E-state index in [2.05, 4.69) is 11.4 Å². The topological polar surface area (TPSA) is 46.2 Å². The Hall–Kier alpha value is -0.746. The fourth-order valence-corrected chi connectivity index (χ4v) is 1.03. The number of benzene rings is 1. The quantitative estimate of drug-likeness (QED) is 0.681. The molecule has 0 bridgehead atoms. The van der Waals surface area contributed by atoms with Gasteiger partial charge >= 0.3 is 38.9 Å². The number of alkyl halides is 3. The standard InChI is InChI=1S/C11H9F3NO2.Y/c1-7-2-4-8(5-3-7)15-10(17)6-9(16)11(12,13)14;/h2,4-5H,6H2,1H3,(H,15,17);/q-1;+3. The van der Waals surface area contributed by atoms with Crippen molar-refractivity contribution in [2.24, 2.45) is 0 Å². The minimum absolute atomic E-state index is 0. The van der Waals surface area contributed by atoms with Crippen molar-refractivity contribution < 1.29 is 55.5 Å². The average Bonchev–Trinajstić information content (AvgIpc) is 2.20. The maximum atomic E-state index is 11.9. The number of amides is 1. The number of Topliss-reactive ketones (excluding diaryl/α,β-unsaturated/α-hetero) is 1. The second-order valence-corrected chi connectivity index (χ2v) is 3.41. The van der Waals surface area contributed by atoms with Gasteiger partial charge in [0, 0.05) is 0 Å². The summed E-state index contributed by atoms with van der Waals surface area (Å²) >= 11 is 0. The van der Waals surface area contributed by atoms with Gasteiger partial charge in [-0.15, -0.1) is 6.07 Å². The van der Waals surface area contributed by atoms with Crippen LogP contribution in [0.15, 0.2) is 18.2 Å². The van der Waals surface area contributed by atoms with Crippen LogP contribution in [-0.4, -0.2) is 17.9 Å². The first-order valence-corrected chi connectivity index (χ1v) is 4.67.